The standard InChI is InChI=1S/C14H18N2O2S/c1-10-4-7-16(9-12(10)17)14(18)13-11(3-2-6-15)5-8-19-13/h5,8,10,12,17H,4,6-7,9,15H2,1H3. The van der Waals surface area contributed by atoms with Crippen molar-refractivity contribution in [1.82, 2.24) is 4.90 Å². The molecule has 2 rings (SSSR count). The van der Waals surface area contributed by atoms with Gasteiger partial charge in [-0.05, 0) is 23.8 Å². The van der Waals surface area contributed by atoms with Crippen LogP contribution in [0.2, 0.25) is 0 Å². The molecule has 3 N–H and O–H groups in total. The van der Waals surface area contributed by atoms with Crippen molar-refractivity contribution < 1.29 is 9.90 Å². The lowest BCUT2D eigenvalue weighted by atomic mass is 9.96. The molecule has 1 aliphatic rings. The van der Waals surface area contributed by atoms with Crippen LogP contribution in [0.25, 0.3) is 0 Å². The van der Waals surface area contributed by atoms with Crippen molar-refractivity contribution in [3.05, 3.63) is 21.9 Å². The molecule has 1 aliphatic heterocycles. The second-order valence-electron chi connectivity index (χ2n) is 4.75. The van der Waals surface area contributed by atoms with Crippen LogP contribution in [0.5, 0.6) is 0 Å². The minimum Gasteiger partial charge on any atom is -0.391 e. The van der Waals surface area contributed by atoms with E-state index < -0.39 is 6.10 Å². The molecule has 1 aromatic rings. The zero-order valence-corrected chi connectivity index (χ0v) is 11.7. The minimum absolute atomic E-state index is 0.0396. The van der Waals surface area contributed by atoms with Crippen molar-refractivity contribution in [3.63, 3.8) is 0 Å². The molecule has 0 aliphatic carbocycles. The zero-order valence-electron chi connectivity index (χ0n) is 10.9. The zero-order chi connectivity index (χ0) is 13.8. The molecule has 0 spiro atoms. The summed E-state index contributed by atoms with van der Waals surface area (Å²) in [4.78, 5) is 14.8. The third-order valence-corrected chi connectivity index (χ3v) is 4.29. The summed E-state index contributed by atoms with van der Waals surface area (Å²) in [5.41, 5.74) is 6.08. The molecule has 1 aromatic heterocycles. The number of nitrogens with two attached hydrogens (primary N) is 1. The fraction of sp³-hybridized carbons (Fsp3) is 0.500. The maximum Gasteiger partial charge on any atom is 0.265 e. The summed E-state index contributed by atoms with van der Waals surface area (Å²) in [6.45, 7) is 3.39. The van der Waals surface area contributed by atoms with E-state index in [2.05, 4.69) is 11.8 Å². The van der Waals surface area contributed by atoms with Gasteiger partial charge in [-0.2, -0.15) is 0 Å². The maximum absolute atomic E-state index is 12.4. The number of likely N-dealkylation sites (tertiary alicyclic amines) is 1. The van der Waals surface area contributed by atoms with Crippen molar-refractivity contribution in [1.29, 1.82) is 0 Å². The van der Waals surface area contributed by atoms with E-state index in [0.29, 0.717) is 18.0 Å². The molecule has 19 heavy (non-hydrogen) atoms. The van der Waals surface area contributed by atoms with Gasteiger partial charge in [-0.25, -0.2) is 0 Å². The summed E-state index contributed by atoms with van der Waals surface area (Å²) in [5.74, 6) is 5.90. The molecule has 1 fully saturated rings. The van der Waals surface area contributed by atoms with E-state index in [4.69, 9.17) is 5.73 Å². The summed E-state index contributed by atoms with van der Waals surface area (Å²) >= 11 is 1.39. The summed E-state index contributed by atoms with van der Waals surface area (Å²) < 4.78 is 0. The topological polar surface area (TPSA) is 66.6 Å². The Balaban J connectivity index is 2.14. The monoisotopic (exact) mass is 278 g/mol. The predicted molar refractivity (Wildman–Crippen MR) is 75.9 cm³/mol. The molecule has 2 heterocycles. The minimum atomic E-state index is -0.434. The first-order valence-electron chi connectivity index (χ1n) is 6.37. The fourth-order valence-corrected chi connectivity index (χ4v) is 2.91. The van der Waals surface area contributed by atoms with Crippen LogP contribution < -0.4 is 5.73 Å². The number of carbonyl (C=O) groups excluding carboxylic acids is 1. The molecule has 0 radical (unpaired) electrons. The number of amides is 1. The second kappa shape index (κ2) is 6.20. The van der Waals surface area contributed by atoms with Crippen LogP contribution in [-0.4, -0.2) is 41.7 Å². The average Bonchev–Trinajstić information content (AvgIpc) is 2.87. The Kier molecular flexibility index (Phi) is 4.59. The molecule has 0 aromatic carbocycles. The second-order valence-corrected chi connectivity index (χ2v) is 5.67. The van der Waals surface area contributed by atoms with Gasteiger partial charge in [0, 0.05) is 18.7 Å². The number of hydrogen-bond donors (Lipinski definition) is 2. The molecule has 4 nitrogen and oxygen atoms in total. The summed E-state index contributed by atoms with van der Waals surface area (Å²) in [5, 5.41) is 11.7. The largest absolute Gasteiger partial charge is 0.391 e. The summed E-state index contributed by atoms with van der Waals surface area (Å²) in [7, 11) is 0. The van der Waals surface area contributed by atoms with E-state index in [9.17, 15) is 9.90 Å². The van der Waals surface area contributed by atoms with E-state index in [1.165, 1.54) is 11.3 Å². The van der Waals surface area contributed by atoms with Gasteiger partial charge in [-0.3, -0.25) is 4.79 Å². The lowest BCUT2D eigenvalue weighted by molar-refractivity contribution is 0.0251. The van der Waals surface area contributed by atoms with Crippen LogP contribution in [0, 0.1) is 17.8 Å². The van der Waals surface area contributed by atoms with Crippen LogP contribution in [0.3, 0.4) is 0 Å². The number of β-amino-alcohol motifs (C(OH)–C–C–N with tert-alkyl or cyclic N) is 1. The smallest absolute Gasteiger partial charge is 0.265 e. The van der Waals surface area contributed by atoms with Crippen LogP contribution in [0.15, 0.2) is 11.4 Å². The molecule has 2 unspecified atom stereocenters. The third-order valence-electron chi connectivity index (χ3n) is 3.39. The summed E-state index contributed by atoms with van der Waals surface area (Å²) in [6.07, 6.45) is 0.401. The lowest BCUT2D eigenvalue weighted by Crippen LogP contribution is -2.45. The van der Waals surface area contributed by atoms with Gasteiger partial charge in [0.25, 0.3) is 5.91 Å². The molecule has 5 heteroatoms. The van der Waals surface area contributed by atoms with Crippen LogP contribution in [0.4, 0.5) is 0 Å². The van der Waals surface area contributed by atoms with E-state index >= 15 is 0 Å². The van der Waals surface area contributed by atoms with Gasteiger partial charge in [0.05, 0.1) is 12.6 Å². The lowest BCUT2D eigenvalue weighted by Gasteiger charge is -2.34. The van der Waals surface area contributed by atoms with Gasteiger partial charge >= 0.3 is 0 Å². The predicted octanol–water partition coefficient (Wildman–Crippen LogP) is 0.901. The normalized spacial score (nSPS) is 22.8. The number of hydrogen-bond acceptors (Lipinski definition) is 4. The van der Waals surface area contributed by atoms with Crippen LogP contribution in [0.1, 0.15) is 28.6 Å². The van der Waals surface area contributed by atoms with Crippen molar-refractivity contribution in [3.8, 4) is 11.8 Å². The van der Waals surface area contributed by atoms with Crippen LogP contribution in [-0.2, 0) is 0 Å². The highest BCUT2D eigenvalue weighted by molar-refractivity contribution is 7.12. The van der Waals surface area contributed by atoms with Gasteiger partial charge in [0.15, 0.2) is 0 Å². The maximum atomic E-state index is 12.4. The SMILES string of the molecule is CC1CCN(C(=O)c2sccc2C#CCN)CC1O. The summed E-state index contributed by atoms with van der Waals surface area (Å²) in [6, 6.07) is 1.84. The first kappa shape index (κ1) is 14.1. The van der Waals surface area contributed by atoms with E-state index in [0.717, 1.165) is 12.0 Å². The number of carbonyl (C=O) groups is 1. The Morgan fingerprint density at radius 3 is 3.16 bits per heavy atom. The molecule has 2 atom stereocenters. The number of nitrogens with zero attached hydrogens (tertiary/aromatic N) is 1. The molecule has 1 saturated heterocycles. The van der Waals surface area contributed by atoms with E-state index in [1.54, 1.807) is 4.90 Å². The Morgan fingerprint density at radius 1 is 1.68 bits per heavy atom. The van der Waals surface area contributed by atoms with Crippen molar-refractivity contribution in [2.75, 3.05) is 19.6 Å². The third kappa shape index (κ3) is 3.16. The van der Waals surface area contributed by atoms with E-state index in [1.807, 2.05) is 18.4 Å². The number of piperidine rings is 1. The molecule has 1 amide bonds. The number of aliphatic hydroxyl groups is 1. The average molecular weight is 278 g/mol. The Bertz CT molecular complexity index is 515. The number of thiophene rings is 1. The Labute approximate surface area is 117 Å². The van der Waals surface area contributed by atoms with Crippen LogP contribution >= 0.6 is 11.3 Å². The highest BCUT2D eigenvalue weighted by Gasteiger charge is 2.29. The van der Waals surface area contributed by atoms with Crippen molar-refractivity contribution >= 4 is 17.2 Å². The number of rotatable bonds is 1. The van der Waals surface area contributed by atoms with Gasteiger partial charge in [0.1, 0.15) is 4.88 Å². The van der Waals surface area contributed by atoms with Crippen molar-refractivity contribution in [2.24, 2.45) is 11.7 Å². The molecule has 0 saturated carbocycles. The Hall–Kier alpha value is -1.35. The van der Waals surface area contributed by atoms with E-state index in [-0.39, 0.29) is 18.4 Å². The Morgan fingerprint density at radius 2 is 2.47 bits per heavy atom. The molecule has 0 bridgehead atoms. The van der Waals surface area contributed by atoms with Gasteiger partial charge in [-0.1, -0.05) is 18.8 Å². The highest BCUT2D eigenvalue weighted by atomic mass is 32.1. The van der Waals surface area contributed by atoms with Gasteiger partial charge < -0.3 is 15.7 Å². The first-order valence-corrected chi connectivity index (χ1v) is 7.25. The quantitative estimate of drug-likeness (QED) is 0.750. The number of aliphatic hydroxyl groups excluding tert-OH is 1. The highest BCUT2D eigenvalue weighted by Crippen LogP contribution is 2.23. The van der Waals surface area contributed by atoms with Crippen molar-refractivity contribution in [2.45, 2.75) is 19.4 Å². The van der Waals surface area contributed by atoms with Gasteiger partial charge in [0.2, 0.25) is 0 Å². The molecular weight excluding hydrogens is 260 g/mol. The molecular formula is C14H18N2O2S. The molecule has 102 valence electrons. The first-order chi connectivity index (χ1) is 9.13. The van der Waals surface area contributed by atoms with Gasteiger partial charge in [-0.15, -0.1) is 11.3 Å². The fourth-order valence-electron chi connectivity index (χ4n) is 2.10.